The van der Waals surface area contributed by atoms with Gasteiger partial charge < -0.3 is 4.52 Å². The van der Waals surface area contributed by atoms with E-state index < -0.39 is 10.0 Å². The molecule has 0 unspecified atom stereocenters. The van der Waals surface area contributed by atoms with Crippen LogP contribution in [0.2, 0.25) is 0 Å². The van der Waals surface area contributed by atoms with E-state index in [0.717, 1.165) is 14.9 Å². The molecule has 0 bridgehead atoms. The number of hydrogen-bond donors (Lipinski definition) is 0. The third kappa shape index (κ3) is 4.69. The maximum Gasteiger partial charge on any atom is 0.241 e. The van der Waals surface area contributed by atoms with E-state index in [4.69, 9.17) is 4.52 Å². The number of benzene rings is 1. The molecule has 2 aromatic heterocycles. The SMILES string of the molecule is O=S(=O)(Cc1ccccc1)N1CCN(Cc2nc(-c3cc(Br)cs3)no2)CC1. The Morgan fingerprint density at radius 2 is 1.89 bits per heavy atom. The first kappa shape index (κ1) is 19.7. The second kappa shape index (κ2) is 8.42. The van der Waals surface area contributed by atoms with Crippen LogP contribution < -0.4 is 0 Å². The van der Waals surface area contributed by atoms with Crippen LogP contribution in [0, 0.1) is 0 Å². The summed E-state index contributed by atoms with van der Waals surface area (Å²) in [6.07, 6.45) is 0. The van der Waals surface area contributed by atoms with Gasteiger partial charge in [-0.25, -0.2) is 8.42 Å². The number of hydrogen-bond acceptors (Lipinski definition) is 7. The van der Waals surface area contributed by atoms with E-state index in [1.807, 2.05) is 41.8 Å². The van der Waals surface area contributed by atoms with Crippen LogP contribution in [-0.4, -0.2) is 53.9 Å². The smallest absolute Gasteiger partial charge is 0.241 e. The minimum Gasteiger partial charge on any atom is -0.338 e. The Bertz CT molecular complexity index is 1030. The highest BCUT2D eigenvalue weighted by Gasteiger charge is 2.27. The van der Waals surface area contributed by atoms with Gasteiger partial charge in [-0.05, 0) is 27.6 Å². The zero-order chi connectivity index (χ0) is 19.6. The monoisotopic (exact) mass is 482 g/mol. The highest BCUT2D eigenvalue weighted by atomic mass is 79.9. The lowest BCUT2D eigenvalue weighted by atomic mass is 10.2. The summed E-state index contributed by atoms with van der Waals surface area (Å²) in [5.41, 5.74) is 0.809. The van der Waals surface area contributed by atoms with Gasteiger partial charge in [0.15, 0.2) is 0 Å². The van der Waals surface area contributed by atoms with Crippen molar-refractivity contribution in [3.63, 3.8) is 0 Å². The summed E-state index contributed by atoms with van der Waals surface area (Å²) in [6.45, 7) is 2.72. The lowest BCUT2D eigenvalue weighted by Gasteiger charge is -2.33. The Balaban J connectivity index is 1.32. The number of nitrogens with zero attached hydrogens (tertiary/aromatic N) is 4. The highest BCUT2D eigenvalue weighted by molar-refractivity contribution is 9.10. The Morgan fingerprint density at radius 3 is 2.57 bits per heavy atom. The Labute approximate surface area is 176 Å². The van der Waals surface area contributed by atoms with Crippen LogP contribution in [0.3, 0.4) is 0 Å². The molecule has 0 N–H and O–H groups in total. The molecule has 1 aliphatic heterocycles. The van der Waals surface area contributed by atoms with E-state index in [9.17, 15) is 8.42 Å². The van der Waals surface area contributed by atoms with Crippen molar-refractivity contribution >= 4 is 37.3 Å². The van der Waals surface area contributed by atoms with Crippen LogP contribution in [0.5, 0.6) is 0 Å². The fourth-order valence-corrected chi connectivity index (χ4v) is 5.95. The van der Waals surface area contributed by atoms with Gasteiger partial charge in [-0.1, -0.05) is 35.5 Å². The van der Waals surface area contributed by atoms with Gasteiger partial charge in [0.1, 0.15) is 0 Å². The minimum absolute atomic E-state index is 0.0389. The van der Waals surface area contributed by atoms with Crippen molar-refractivity contribution < 1.29 is 12.9 Å². The van der Waals surface area contributed by atoms with Crippen LogP contribution in [0.4, 0.5) is 0 Å². The van der Waals surface area contributed by atoms with Crippen molar-refractivity contribution in [1.29, 1.82) is 0 Å². The average Bonchev–Trinajstić information content (AvgIpc) is 3.32. The van der Waals surface area contributed by atoms with Crippen LogP contribution in [0.15, 0.2) is 50.8 Å². The molecule has 10 heteroatoms. The lowest BCUT2D eigenvalue weighted by Crippen LogP contribution is -2.48. The molecular formula is C18H19BrN4O3S2. The van der Waals surface area contributed by atoms with Gasteiger partial charge in [-0.15, -0.1) is 11.3 Å². The molecule has 0 amide bonds. The molecule has 3 heterocycles. The van der Waals surface area contributed by atoms with E-state index >= 15 is 0 Å². The summed E-state index contributed by atoms with van der Waals surface area (Å²) in [5, 5.41) is 6.01. The fourth-order valence-electron chi connectivity index (χ4n) is 3.08. The second-order valence-electron chi connectivity index (χ2n) is 6.56. The fraction of sp³-hybridized carbons (Fsp3) is 0.333. The molecule has 28 heavy (non-hydrogen) atoms. The molecule has 4 rings (SSSR count). The van der Waals surface area contributed by atoms with E-state index in [-0.39, 0.29) is 5.75 Å². The Morgan fingerprint density at radius 1 is 1.14 bits per heavy atom. The summed E-state index contributed by atoms with van der Waals surface area (Å²) in [4.78, 5) is 7.53. The van der Waals surface area contributed by atoms with Crippen molar-refractivity contribution in [2.24, 2.45) is 0 Å². The maximum atomic E-state index is 12.6. The number of thiophene rings is 1. The topological polar surface area (TPSA) is 79.5 Å². The predicted octanol–water partition coefficient (Wildman–Crippen LogP) is 3.21. The van der Waals surface area contributed by atoms with Gasteiger partial charge in [0, 0.05) is 36.0 Å². The van der Waals surface area contributed by atoms with Gasteiger partial charge in [0.2, 0.25) is 21.7 Å². The highest BCUT2D eigenvalue weighted by Crippen LogP contribution is 2.28. The van der Waals surface area contributed by atoms with E-state index in [1.165, 1.54) is 0 Å². The number of aromatic nitrogens is 2. The summed E-state index contributed by atoms with van der Waals surface area (Å²) in [6, 6.07) is 11.2. The van der Waals surface area contributed by atoms with Gasteiger partial charge in [0.25, 0.3) is 0 Å². The van der Waals surface area contributed by atoms with E-state index in [1.54, 1.807) is 15.6 Å². The molecule has 1 fully saturated rings. The van der Waals surface area contributed by atoms with Gasteiger partial charge in [-0.3, -0.25) is 4.90 Å². The van der Waals surface area contributed by atoms with Gasteiger partial charge in [0.05, 0.1) is 17.2 Å². The normalized spacial score (nSPS) is 16.5. The summed E-state index contributed by atoms with van der Waals surface area (Å²) >= 11 is 4.97. The lowest BCUT2D eigenvalue weighted by molar-refractivity contribution is 0.163. The van der Waals surface area contributed by atoms with E-state index in [0.29, 0.717) is 44.4 Å². The molecule has 0 spiro atoms. The van der Waals surface area contributed by atoms with Crippen molar-refractivity contribution in [2.75, 3.05) is 26.2 Å². The Kier molecular flexibility index (Phi) is 5.93. The molecule has 0 radical (unpaired) electrons. The molecule has 1 aromatic carbocycles. The summed E-state index contributed by atoms with van der Waals surface area (Å²) in [7, 11) is -3.31. The van der Waals surface area contributed by atoms with Crippen molar-refractivity contribution in [1.82, 2.24) is 19.3 Å². The van der Waals surface area contributed by atoms with Crippen molar-refractivity contribution in [3.05, 3.63) is 57.7 Å². The average molecular weight is 483 g/mol. The molecule has 7 nitrogen and oxygen atoms in total. The molecule has 0 saturated carbocycles. The van der Waals surface area contributed by atoms with Gasteiger partial charge >= 0.3 is 0 Å². The maximum absolute atomic E-state index is 12.6. The van der Waals surface area contributed by atoms with Crippen molar-refractivity contribution in [2.45, 2.75) is 12.3 Å². The summed E-state index contributed by atoms with van der Waals surface area (Å²) in [5.74, 6) is 1.16. The quantitative estimate of drug-likeness (QED) is 0.536. The zero-order valence-corrected chi connectivity index (χ0v) is 18.2. The third-order valence-corrected chi connectivity index (χ3v) is 8.07. The second-order valence-corrected chi connectivity index (χ2v) is 10.4. The molecule has 0 aliphatic carbocycles. The predicted molar refractivity (Wildman–Crippen MR) is 111 cm³/mol. The van der Waals surface area contributed by atoms with Crippen LogP contribution in [-0.2, 0) is 22.3 Å². The zero-order valence-electron chi connectivity index (χ0n) is 15.0. The largest absolute Gasteiger partial charge is 0.338 e. The standard InChI is InChI=1S/C18H19BrN4O3S2/c19-15-10-16(27-12-15)18-20-17(26-21-18)11-22-6-8-23(9-7-22)28(24,25)13-14-4-2-1-3-5-14/h1-5,10,12H,6-9,11,13H2. The minimum atomic E-state index is -3.31. The first-order chi connectivity index (χ1) is 13.5. The molecule has 148 valence electrons. The molecular weight excluding hydrogens is 464 g/mol. The van der Waals surface area contributed by atoms with Gasteiger partial charge in [-0.2, -0.15) is 9.29 Å². The summed E-state index contributed by atoms with van der Waals surface area (Å²) < 4.78 is 33.2. The first-order valence-corrected chi connectivity index (χ1v) is 12.1. The molecule has 0 atom stereocenters. The number of rotatable bonds is 6. The van der Waals surface area contributed by atoms with Crippen LogP contribution in [0.25, 0.3) is 10.7 Å². The van der Waals surface area contributed by atoms with Crippen LogP contribution >= 0.6 is 27.3 Å². The van der Waals surface area contributed by atoms with Crippen LogP contribution in [0.1, 0.15) is 11.5 Å². The molecule has 1 aliphatic rings. The Hall–Kier alpha value is -1.59. The number of halogens is 1. The van der Waals surface area contributed by atoms with Crippen molar-refractivity contribution in [3.8, 4) is 10.7 Å². The first-order valence-electron chi connectivity index (χ1n) is 8.81. The molecule has 3 aromatic rings. The molecule has 1 saturated heterocycles. The number of piperazine rings is 1. The van der Waals surface area contributed by atoms with E-state index in [2.05, 4.69) is 31.0 Å². The third-order valence-electron chi connectivity index (χ3n) is 4.53. The number of sulfonamides is 1.